The molecule has 1 saturated carbocycles. The second-order valence-electron chi connectivity index (χ2n) is 7.04. The first kappa shape index (κ1) is 18.6. The third-order valence-corrected chi connectivity index (χ3v) is 5.74. The number of fused-ring (bicyclic) bond motifs is 1. The quantitative estimate of drug-likeness (QED) is 0.782. The summed E-state index contributed by atoms with van der Waals surface area (Å²) in [5.74, 6) is 0.976. The number of hydrogen-bond acceptors (Lipinski definition) is 5. The monoisotopic (exact) mass is 349 g/mol. The van der Waals surface area contributed by atoms with Crippen LogP contribution in [0.4, 0.5) is 0 Å². The fourth-order valence-electron chi connectivity index (χ4n) is 4.47. The van der Waals surface area contributed by atoms with E-state index in [1.807, 2.05) is 26.2 Å². The van der Waals surface area contributed by atoms with Crippen molar-refractivity contribution in [2.75, 3.05) is 33.5 Å². The summed E-state index contributed by atoms with van der Waals surface area (Å²) in [6.07, 6.45) is 4.27. The number of aliphatic hydroxyl groups is 1. The molecular weight excluding hydrogens is 318 g/mol. The van der Waals surface area contributed by atoms with Crippen molar-refractivity contribution in [1.29, 1.82) is 0 Å². The molecule has 1 aromatic rings. The Morgan fingerprint density at radius 1 is 1.28 bits per heavy atom. The van der Waals surface area contributed by atoms with Gasteiger partial charge in [-0.2, -0.15) is 0 Å². The molecule has 0 spiro atoms. The maximum absolute atomic E-state index is 9.04. The van der Waals surface area contributed by atoms with E-state index in [0.717, 1.165) is 44.5 Å². The van der Waals surface area contributed by atoms with E-state index < -0.39 is 0 Å². The summed E-state index contributed by atoms with van der Waals surface area (Å²) in [5.41, 5.74) is 1.18. The molecule has 0 bridgehead atoms. The molecular formula is C20H31NO4. The van der Waals surface area contributed by atoms with Gasteiger partial charge in [0.25, 0.3) is 0 Å². The van der Waals surface area contributed by atoms with Gasteiger partial charge in [-0.3, -0.25) is 4.90 Å². The minimum absolute atomic E-state index is 0.0559. The van der Waals surface area contributed by atoms with Crippen LogP contribution in [0.1, 0.15) is 38.2 Å². The van der Waals surface area contributed by atoms with E-state index in [-0.39, 0.29) is 18.3 Å². The Morgan fingerprint density at radius 2 is 2.12 bits per heavy atom. The van der Waals surface area contributed by atoms with E-state index in [2.05, 4.69) is 17.0 Å². The van der Waals surface area contributed by atoms with Crippen LogP contribution < -0.4 is 4.74 Å². The highest BCUT2D eigenvalue weighted by Gasteiger charge is 2.51. The molecule has 5 heteroatoms. The molecule has 3 atom stereocenters. The lowest BCUT2D eigenvalue weighted by Gasteiger charge is -2.43. The molecule has 0 aromatic heterocycles. The summed E-state index contributed by atoms with van der Waals surface area (Å²) in [6.45, 7) is 5.11. The van der Waals surface area contributed by atoms with Crippen LogP contribution in [0, 0.1) is 0 Å². The molecule has 2 fully saturated rings. The van der Waals surface area contributed by atoms with Crippen molar-refractivity contribution in [1.82, 2.24) is 4.90 Å². The molecule has 1 saturated heterocycles. The summed E-state index contributed by atoms with van der Waals surface area (Å²) in [4.78, 5) is 2.52. The van der Waals surface area contributed by atoms with Crippen molar-refractivity contribution >= 4 is 0 Å². The highest BCUT2D eigenvalue weighted by Crippen LogP contribution is 2.44. The van der Waals surface area contributed by atoms with Crippen molar-refractivity contribution in [3.63, 3.8) is 0 Å². The second-order valence-corrected chi connectivity index (χ2v) is 7.04. The van der Waals surface area contributed by atoms with E-state index in [1.54, 1.807) is 0 Å². The summed E-state index contributed by atoms with van der Waals surface area (Å²) >= 11 is 0. The van der Waals surface area contributed by atoms with Crippen LogP contribution >= 0.6 is 0 Å². The van der Waals surface area contributed by atoms with Crippen LogP contribution in [0.3, 0.4) is 0 Å². The molecule has 1 aromatic carbocycles. The smallest absolute Gasteiger partial charge is 0.123 e. The molecule has 3 rings (SSSR count). The third kappa shape index (κ3) is 4.00. The highest BCUT2D eigenvalue weighted by molar-refractivity contribution is 5.33. The summed E-state index contributed by atoms with van der Waals surface area (Å²) in [7, 11) is 1.85. The molecule has 5 nitrogen and oxygen atoms in total. The average molecular weight is 349 g/mol. The van der Waals surface area contributed by atoms with Gasteiger partial charge in [0.15, 0.2) is 0 Å². The molecule has 0 unspecified atom stereocenters. The fourth-order valence-corrected chi connectivity index (χ4v) is 4.47. The van der Waals surface area contributed by atoms with Crippen molar-refractivity contribution < 1.29 is 19.3 Å². The SMILES string of the molecule is CCOc1ccccc1CN1CC[C@]2(OC)CC[C@H](OCCO)C[C@H]12. The number of likely N-dealkylation sites (tertiary alicyclic amines) is 1. The van der Waals surface area contributed by atoms with Crippen LogP contribution in [0.25, 0.3) is 0 Å². The average Bonchev–Trinajstić information content (AvgIpc) is 3.00. The molecule has 1 N–H and O–H groups in total. The van der Waals surface area contributed by atoms with Gasteiger partial charge in [0.1, 0.15) is 5.75 Å². The molecule has 1 aliphatic carbocycles. The van der Waals surface area contributed by atoms with Gasteiger partial charge < -0.3 is 19.3 Å². The van der Waals surface area contributed by atoms with Gasteiger partial charge in [-0.25, -0.2) is 0 Å². The standard InChI is InChI=1S/C20H31NO4/c1-3-24-18-7-5-4-6-16(18)15-21-11-10-20(23-2)9-8-17(14-19(20)21)25-13-12-22/h4-7,17,19,22H,3,8-15H2,1-2H3/t17-,19-,20+/m0/s1. The first-order chi connectivity index (χ1) is 12.2. The number of nitrogens with zero attached hydrogens (tertiary/aromatic N) is 1. The van der Waals surface area contributed by atoms with E-state index in [0.29, 0.717) is 19.3 Å². The van der Waals surface area contributed by atoms with E-state index in [9.17, 15) is 0 Å². The van der Waals surface area contributed by atoms with Gasteiger partial charge in [0.2, 0.25) is 0 Å². The lowest BCUT2D eigenvalue weighted by Crippen LogP contribution is -2.51. The zero-order valence-corrected chi connectivity index (χ0v) is 15.4. The normalized spacial score (nSPS) is 29.6. The minimum atomic E-state index is -0.0559. The molecule has 1 heterocycles. The van der Waals surface area contributed by atoms with Crippen LogP contribution in [-0.2, 0) is 16.0 Å². The Labute approximate surface area is 150 Å². The number of methoxy groups -OCH3 is 1. The van der Waals surface area contributed by atoms with Crippen LogP contribution in [0.2, 0.25) is 0 Å². The number of ether oxygens (including phenoxy) is 3. The number of aliphatic hydroxyl groups excluding tert-OH is 1. The topological polar surface area (TPSA) is 51.2 Å². The Morgan fingerprint density at radius 3 is 2.88 bits per heavy atom. The Hall–Kier alpha value is -1.14. The first-order valence-electron chi connectivity index (χ1n) is 9.44. The summed E-state index contributed by atoms with van der Waals surface area (Å²) < 4.78 is 17.7. The molecule has 2 aliphatic rings. The number of hydrogen-bond donors (Lipinski definition) is 1. The Bertz CT molecular complexity index is 552. The van der Waals surface area contributed by atoms with Crippen molar-refractivity contribution in [2.45, 2.75) is 56.9 Å². The van der Waals surface area contributed by atoms with Gasteiger partial charge in [-0.1, -0.05) is 18.2 Å². The minimum Gasteiger partial charge on any atom is -0.494 e. The van der Waals surface area contributed by atoms with E-state index in [4.69, 9.17) is 19.3 Å². The predicted octanol–water partition coefficient (Wildman–Crippen LogP) is 2.61. The predicted molar refractivity (Wildman–Crippen MR) is 96.8 cm³/mol. The largest absolute Gasteiger partial charge is 0.494 e. The summed E-state index contributed by atoms with van der Waals surface area (Å²) in [6, 6.07) is 8.65. The van der Waals surface area contributed by atoms with Crippen LogP contribution in [-0.4, -0.2) is 61.2 Å². The molecule has 140 valence electrons. The third-order valence-electron chi connectivity index (χ3n) is 5.74. The van der Waals surface area contributed by atoms with Crippen molar-refractivity contribution in [2.24, 2.45) is 0 Å². The van der Waals surface area contributed by atoms with Gasteiger partial charge in [0, 0.05) is 31.8 Å². The molecule has 0 radical (unpaired) electrons. The zero-order chi connectivity index (χ0) is 17.7. The van der Waals surface area contributed by atoms with Gasteiger partial charge in [0.05, 0.1) is 31.5 Å². The van der Waals surface area contributed by atoms with Crippen LogP contribution in [0.5, 0.6) is 5.75 Å². The lowest BCUT2D eigenvalue weighted by atomic mass is 9.79. The number of rotatable bonds is 8. The highest BCUT2D eigenvalue weighted by atomic mass is 16.5. The second kappa shape index (κ2) is 8.49. The lowest BCUT2D eigenvalue weighted by molar-refractivity contribution is -0.104. The number of para-hydroxylation sites is 1. The van der Waals surface area contributed by atoms with Gasteiger partial charge in [-0.15, -0.1) is 0 Å². The number of benzene rings is 1. The van der Waals surface area contributed by atoms with Gasteiger partial charge >= 0.3 is 0 Å². The van der Waals surface area contributed by atoms with Crippen molar-refractivity contribution in [3.8, 4) is 5.75 Å². The molecule has 0 amide bonds. The van der Waals surface area contributed by atoms with Crippen LogP contribution in [0.15, 0.2) is 24.3 Å². The first-order valence-corrected chi connectivity index (χ1v) is 9.44. The van der Waals surface area contributed by atoms with E-state index >= 15 is 0 Å². The zero-order valence-electron chi connectivity index (χ0n) is 15.4. The maximum Gasteiger partial charge on any atom is 0.123 e. The van der Waals surface area contributed by atoms with Crippen molar-refractivity contribution in [3.05, 3.63) is 29.8 Å². The summed E-state index contributed by atoms with van der Waals surface area (Å²) in [5, 5.41) is 9.04. The Kier molecular flexibility index (Phi) is 6.34. The van der Waals surface area contributed by atoms with Gasteiger partial charge in [-0.05, 0) is 38.7 Å². The maximum atomic E-state index is 9.04. The van der Waals surface area contributed by atoms with E-state index in [1.165, 1.54) is 5.56 Å². The Balaban J connectivity index is 1.73. The fraction of sp³-hybridized carbons (Fsp3) is 0.700. The molecule has 1 aliphatic heterocycles. The molecule has 25 heavy (non-hydrogen) atoms.